The standard InChI is InChI=1S/C33H43F2NO/c1-4-5-6-7-8-22-9-10-27-18-26(16-15-25(27)17-22)23-11-13-24(14-12-23)28-19-29(34)31(30(35)20-28)32-36-33(2,3)21-37-32/h11-14,19-20,22,25-27H,4-10,15-18,21H2,1-3H3/t22?,25-,26-,27-/m1/s1. The molecule has 4 atom stereocenters. The van der Waals surface area contributed by atoms with E-state index in [1.807, 2.05) is 26.0 Å². The number of hydrogen-bond donors (Lipinski definition) is 0. The monoisotopic (exact) mass is 507 g/mol. The van der Waals surface area contributed by atoms with E-state index in [1.54, 1.807) is 0 Å². The molecule has 0 amide bonds. The Labute approximate surface area is 221 Å². The second kappa shape index (κ2) is 11.3. The fraction of sp³-hybridized carbons (Fsp3) is 0.606. The molecule has 0 spiro atoms. The molecule has 0 bridgehead atoms. The number of fused-ring (bicyclic) bond motifs is 1. The van der Waals surface area contributed by atoms with Gasteiger partial charge in [0.2, 0.25) is 5.90 Å². The van der Waals surface area contributed by atoms with E-state index in [-0.39, 0.29) is 11.5 Å². The minimum absolute atomic E-state index is 0.0584. The molecule has 1 aliphatic heterocycles. The Morgan fingerprint density at radius 1 is 0.865 bits per heavy atom. The van der Waals surface area contributed by atoms with Crippen LogP contribution in [-0.4, -0.2) is 18.0 Å². The van der Waals surface area contributed by atoms with E-state index in [4.69, 9.17) is 4.74 Å². The molecule has 2 saturated carbocycles. The summed E-state index contributed by atoms with van der Waals surface area (Å²) in [5.74, 6) is 2.15. The molecule has 2 fully saturated rings. The quantitative estimate of drug-likeness (QED) is 0.326. The van der Waals surface area contributed by atoms with Crippen LogP contribution in [0.15, 0.2) is 41.4 Å². The molecule has 2 aromatic carbocycles. The van der Waals surface area contributed by atoms with Crippen LogP contribution < -0.4 is 0 Å². The molecule has 5 rings (SSSR count). The van der Waals surface area contributed by atoms with Gasteiger partial charge in [0.05, 0.1) is 5.54 Å². The number of ether oxygens (including phenoxy) is 1. The number of rotatable bonds is 8. The fourth-order valence-electron chi connectivity index (χ4n) is 7.02. The number of aliphatic imine (C=N–C) groups is 1. The summed E-state index contributed by atoms with van der Waals surface area (Å²) in [6.07, 6.45) is 15.1. The zero-order chi connectivity index (χ0) is 26.0. The van der Waals surface area contributed by atoms with Crippen LogP contribution in [0.5, 0.6) is 0 Å². The van der Waals surface area contributed by atoms with Crippen molar-refractivity contribution in [3.05, 3.63) is 59.2 Å². The van der Waals surface area contributed by atoms with Gasteiger partial charge in [0.25, 0.3) is 0 Å². The van der Waals surface area contributed by atoms with Gasteiger partial charge >= 0.3 is 0 Å². The number of unbranched alkanes of at least 4 members (excludes halogenated alkanes) is 3. The third kappa shape index (κ3) is 6.10. The van der Waals surface area contributed by atoms with Crippen LogP contribution in [0, 0.1) is 29.4 Å². The number of halogens is 2. The van der Waals surface area contributed by atoms with Gasteiger partial charge in [0.15, 0.2) is 0 Å². The lowest BCUT2D eigenvalue weighted by Crippen LogP contribution is -2.30. The van der Waals surface area contributed by atoms with Crippen molar-refractivity contribution in [1.82, 2.24) is 0 Å². The largest absolute Gasteiger partial charge is 0.475 e. The summed E-state index contributed by atoms with van der Waals surface area (Å²) in [6.45, 7) is 6.39. The van der Waals surface area contributed by atoms with E-state index in [0.717, 1.165) is 23.3 Å². The maximum atomic E-state index is 15.0. The molecule has 3 aliphatic rings. The van der Waals surface area contributed by atoms with Gasteiger partial charge in [0.1, 0.15) is 23.8 Å². The molecule has 200 valence electrons. The van der Waals surface area contributed by atoms with E-state index in [0.29, 0.717) is 18.1 Å². The Hall–Kier alpha value is -2.23. The summed E-state index contributed by atoms with van der Waals surface area (Å²) in [4.78, 5) is 4.35. The number of hydrogen-bond acceptors (Lipinski definition) is 2. The van der Waals surface area contributed by atoms with Gasteiger partial charge in [-0.05, 0) is 98.4 Å². The minimum atomic E-state index is -0.630. The maximum absolute atomic E-state index is 15.0. The first-order valence-electron chi connectivity index (χ1n) is 14.7. The van der Waals surface area contributed by atoms with Gasteiger partial charge in [-0.2, -0.15) is 0 Å². The van der Waals surface area contributed by atoms with E-state index >= 15 is 0 Å². The molecular formula is C33H43F2NO. The van der Waals surface area contributed by atoms with Gasteiger partial charge < -0.3 is 4.74 Å². The summed E-state index contributed by atoms with van der Waals surface area (Å²) in [5, 5.41) is 0. The smallest absolute Gasteiger partial charge is 0.222 e. The number of nitrogens with zero attached hydrogens (tertiary/aromatic N) is 1. The van der Waals surface area contributed by atoms with Gasteiger partial charge in [-0.25, -0.2) is 13.8 Å². The molecule has 2 nitrogen and oxygen atoms in total. The Morgan fingerprint density at radius 3 is 2.24 bits per heavy atom. The van der Waals surface area contributed by atoms with Gasteiger partial charge in [-0.1, -0.05) is 69.7 Å². The Morgan fingerprint density at radius 2 is 1.57 bits per heavy atom. The average Bonchev–Trinajstić information content (AvgIpc) is 3.24. The average molecular weight is 508 g/mol. The first kappa shape index (κ1) is 26.4. The summed E-state index contributed by atoms with van der Waals surface area (Å²) in [6, 6.07) is 11.2. The highest BCUT2D eigenvalue weighted by molar-refractivity contribution is 5.96. The molecule has 0 radical (unpaired) electrons. The Kier molecular flexibility index (Phi) is 8.02. The van der Waals surface area contributed by atoms with E-state index < -0.39 is 17.2 Å². The molecule has 4 heteroatoms. The third-order valence-corrected chi connectivity index (χ3v) is 9.13. The van der Waals surface area contributed by atoms with Crippen molar-refractivity contribution in [3.63, 3.8) is 0 Å². The first-order valence-corrected chi connectivity index (χ1v) is 14.7. The predicted octanol–water partition coefficient (Wildman–Crippen LogP) is 9.46. The van der Waals surface area contributed by atoms with Crippen LogP contribution in [-0.2, 0) is 4.74 Å². The molecule has 1 unspecified atom stereocenters. The summed E-state index contributed by atoms with van der Waals surface area (Å²) >= 11 is 0. The first-order chi connectivity index (χ1) is 17.8. The normalized spacial score (nSPS) is 26.9. The van der Waals surface area contributed by atoms with Gasteiger partial charge in [0, 0.05) is 0 Å². The van der Waals surface area contributed by atoms with Crippen molar-refractivity contribution in [3.8, 4) is 11.1 Å². The second-order valence-corrected chi connectivity index (χ2v) is 12.5. The lowest BCUT2D eigenvalue weighted by molar-refractivity contribution is 0.113. The van der Waals surface area contributed by atoms with Crippen LogP contribution in [0.1, 0.15) is 108 Å². The molecule has 2 aromatic rings. The predicted molar refractivity (Wildman–Crippen MR) is 148 cm³/mol. The van der Waals surface area contributed by atoms with Crippen LogP contribution in [0.4, 0.5) is 8.78 Å². The molecule has 1 heterocycles. The van der Waals surface area contributed by atoms with Crippen molar-refractivity contribution < 1.29 is 13.5 Å². The molecule has 0 saturated heterocycles. The van der Waals surface area contributed by atoms with Crippen LogP contribution in [0.25, 0.3) is 11.1 Å². The molecule has 0 aromatic heterocycles. The number of benzene rings is 2. The summed E-state index contributed by atoms with van der Waals surface area (Å²) in [5.41, 5.74) is 2.12. The zero-order valence-electron chi connectivity index (χ0n) is 22.9. The molecular weight excluding hydrogens is 464 g/mol. The SMILES string of the molecule is CCCCCCC1CC[C@@H]2C[C@H](c3ccc(-c4cc(F)c(C5=NC(C)(C)CO5)c(F)c4)cc3)CC[C@@H]2C1. The van der Waals surface area contributed by atoms with Gasteiger partial charge in [-0.3, -0.25) is 0 Å². The van der Waals surface area contributed by atoms with E-state index in [9.17, 15) is 8.78 Å². The minimum Gasteiger partial charge on any atom is -0.475 e. The Bertz CT molecular complexity index is 1080. The van der Waals surface area contributed by atoms with E-state index in [2.05, 4.69) is 24.0 Å². The van der Waals surface area contributed by atoms with Crippen molar-refractivity contribution in [2.45, 2.75) is 103 Å². The lowest BCUT2D eigenvalue weighted by Gasteiger charge is -2.42. The summed E-state index contributed by atoms with van der Waals surface area (Å²) < 4.78 is 35.4. The highest BCUT2D eigenvalue weighted by atomic mass is 19.1. The van der Waals surface area contributed by atoms with Crippen LogP contribution >= 0.6 is 0 Å². The van der Waals surface area contributed by atoms with Crippen LogP contribution in [0.2, 0.25) is 0 Å². The lowest BCUT2D eigenvalue weighted by atomic mass is 9.63. The molecule has 37 heavy (non-hydrogen) atoms. The van der Waals surface area contributed by atoms with Crippen LogP contribution in [0.3, 0.4) is 0 Å². The molecule has 0 N–H and O–H groups in total. The third-order valence-electron chi connectivity index (χ3n) is 9.13. The Balaban J connectivity index is 1.21. The van der Waals surface area contributed by atoms with Gasteiger partial charge in [-0.15, -0.1) is 0 Å². The van der Waals surface area contributed by atoms with E-state index in [1.165, 1.54) is 88.3 Å². The highest BCUT2D eigenvalue weighted by Crippen LogP contribution is 2.48. The zero-order valence-corrected chi connectivity index (χ0v) is 22.9. The second-order valence-electron chi connectivity index (χ2n) is 12.5. The van der Waals surface area contributed by atoms with Crippen molar-refractivity contribution in [2.24, 2.45) is 22.7 Å². The topological polar surface area (TPSA) is 21.6 Å². The molecule has 2 aliphatic carbocycles. The van der Waals surface area contributed by atoms with Crippen molar-refractivity contribution in [2.75, 3.05) is 6.61 Å². The summed E-state index contributed by atoms with van der Waals surface area (Å²) in [7, 11) is 0. The maximum Gasteiger partial charge on any atom is 0.222 e. The highest BCUT2D eigenvalue weighted by Gasteiger charge is 2.36. The fourth-order valence-corrected chi connectivity index (χ4v) is 7.02. The van der Waals surface area contributed by atoms with Crippen molar-refractivity contribution >= 4 is 5.90 Å². The van der Waals surface area contributed by atoms with Crippen molar-refractivity contribution in [1.29, 1.82) is 0 Å².